The van der Waals surface area contributed by atoms with Crippen molar-refractivity contribution in [3.8, 4) is 5.75 Å². The Morgan fingerprint density at radius 2 is 1.44 bits per heavy atom. The van der Waals surface area contributed by atoms with Gasteiger partial charge in [-0.05, 0) is 61.4 Å². The third kappa shape index (κ3) is 5.18. The molecular formula is C25H28N2O4S. The molecule has 0 aliphatic carbocycles. The number of hydrogen-bond donors (Lipinski definition) is 1. The normalized spacial score (nSPS) is 12.6. The summed E-state index contributed by atoms with van der Waals surface area (Å²) < 4.78 is 31.9. The van der Waals surface area contributed by atoms with Crippen LogP contribution in [0.1, 0.15) is 41.4 Å². The number of methoxy groups -OCH3 is 1. The fourth-order valence-corrected chi connectivity index (χ4v) is 4.61. The predicted octanol–water partition coefficient (Wildman–Crippen LogP) is 4.24. The monoisotopic (exact) mass is 452 g/mol. The summed E-state index contributed by atoms with van der Waals surface area (Å²) in [7, 11) is -0.460. The van der Waals surface area contributed by atoms with E-state index >= 15 is 0 Å². The predicted molar refractivity (Wildman–Crippen MR) is 125 cm³/mol. The summed E-state index contributed by atoms with van der Waals surface area (Å²) in [6, 6.07) is 22.6. The summed E-state index contributed by atoms with van der Waals surface area (Å²) in [6.45, 7) is 3.62. The van der Waals surface area contributed by atoms with Crippen LogP contribution in [-0.4, -0.2) is 38.8 Å². The van der Waals surface area contributed by atoms with Gasteiger partial charge >= 0.3 is 0 Å². The maximum absolute atomic E-state index is 13.0. The van der Waals surface area contributed by atoms with Gasteiger partial charge in [0.2, 0.25) is 10.0 Å². The van der Waals surface area contributed by atoms with E-state index in [0.717, 1.165) is 16.9 Å². The first kappa shape index (κ1) is 23.5. The van der Waals surface area contributed by atoms with E-state index in [1.54, 1.807) is 14.2 Å². The van der Waals surface area contributed by atoms with Crippen molar-refractivity contribution in [2.75, 3.05) is 14.2 Å². The zero-order chi connectivity index (χ0) is 23.3. The molecule has 0 aliphatic rings. The van der Waals surface area contributed by atoms with Crippen LogP contribution in [0.3, 0.4) is 0 Å². The lowest BCUT2D eigenvalue weighted by Crippen LogP contribution is -2.33. The largest absolute Gasteiger partial charge is 0.497 e. The van der Waals surface area contributed by atoms with E-state index in [1.807, 2.05) is 68.4 Å². The summed E-state index contributed by atoms with van der Waals surface area (Å²) in [5.74, 6) is 0.436. The lowest BCUT2D eigenvalue weighted by atomic mass is 9.98. The minimum Gasteiger partial charge on any atom is -0.497 e. The number of benzene rings is 3. The first-order valence-electron chi connectivity index (χ1n) is 10.3. The van der Waals surface area contributed by atoms with E-state index in [4.69, 9.17) is 4.74 Å². The van der Waals surface area contributed by atoms with Crippen LogP contribution >= 0.6 is 0 Å². The van der Waals surface area contributed by atoms with Gasteiger partial charge in [0, 0.05) is 18.7 Å². The highest BCUT2D eigenvalue weighted by Gasteiger charge is 2.24. The van der Waals surface area contributed by atoms with Gasteiger partial charge in [0.1, 0.15) is 5.75 Å². The summed E-state index contributed by atoms with van der Waals surface area (Å²) in [4.78, 5) is 13.2. The fourth-order valence-electron chi connectivity index (χ4n) is 3.24. The Bertz CT molecular complexity index is 1140. The van der Waals surface area contributed by atoms with Gasteiger partial charge in [-0.25, -0.2) is 8.42 Å². The lowest BCUT2D eigenvalue weighted by molar-refractivity contribution is 0.0943. The molecule has 7 heteroatoms. The van der Waals surface area contributed by atoms with E-state index in [-0.39, 0.29) is 22.9 Å². The van der Waals surface area contributed by atoms with E-state index in [0.29, 0.717) is 5.56 Å². The number of rotatable bonds is 8. The van der Waals surface area contributed by atoms with Crippen molar-refractivity contribution in [3.63, 3.8) is 0 Å². The van der Waals surface area contributed by atoms with Crippen LogP contribution in [0.2, 0.25) is 0 Å². The second-order valence-electron chi connectivity index (χ2n) is 7.73. The average molecular weight is 453 g/mol. The molecule has 168 valence electrons. The van der Waals surface area contributed by atoms with E-state index < -0.39 is 10.0 Å². The number of hydrogen-bond acceptors (Lipinski definition) is 4. The van der Waals surface area contributed by atoms with Crippen LogP contribution < -0.4 is 10.1 Å². The van der Waals surface area contributed by atoms with Crippen LogP contribution in [0.15, 0.2) is 83.8 Å². The summed E-state index contributed by atoms with van der Waals surface area (Å²) in [5, 5.41) is 3.06. The molecule has 0 aromatic heterocycles. The maximum Gasteiger partial charge on any atom is 0.252 e. The van der Waals surface area contributed by atoms with Gasteiger partial charge in [0.05, 0.1) is 18.0 Å². The first-order valence-corrected chi connectivity index (χ1v) is 11.8. The highest BCUT2D eigenvalue weighted by Crippen LogP contribution is 2.25. The SMILES string of the molecule is COc1ccc(C(NC(=O)c2ccc(S(=O)(=O)N(C)C(C)C)cc2)c2ccccc2)cc1. The van der Waals surface area contributed by atoms with Gasteiger partial charge in [-0.15, -0.1) is 0 Å². The number of nitrogens with zero attached hydrogens (tertiary/aromatic N) is 1. The number of amides is 1. The van der Waals surface area contributed by atoms with Gasteiger partial charge < -0.3 is 10.1 Å². The standard InChI is InChI=1S/C25H28N2O4S/c1-18(2)27(3)32(29,30)23-16-12-21(13-17-23)25(28)26-24(19-8-6-5-7-9-19)20-10-14-22(31-4)15-11-20/h5-18,24H,1-4H3,(H,26,28). The molecule has 0 saturated carbocycles. The number of sulfonamides is 1. The fraction of sp³-hybridized carbons (Fsp3) is 0.240. The summed E-state index contributed by atoms with van der Waals surface area (Å²) in [5.41, 5.74) is 2.22. The van der Waals surface area contributed by atoms with Crippen molar-refractivity contribution >= 4 is 15.9 Å². The summed E-state index contributed by atoms with van der Waals surface area (Å²) in [6.07, 6.45) is 0. The van der Waals surface area contributed by atoms with Crippen molar-refractivity contribution in [1.29, 1.82) is 0 Å². The van der Waals surface area contributed by atoms with Crippen molar-refractivity contribution in [3.05, 3.63) is 95.6 Å². The molecule has 3 aromatic carbocycles. The Labute approximate surface area is 189 Å². The zero-order valence-electron chi connectivity index (χ0n) is 18.6. The van der Waals surface area contributed by atoms with Gasteiger partial charge in [-0.2, -0.15) is 4.31 Å². The number of nitrogens with one attached hydrogen (secondary N) is 1. The molecule has 0 saturated heterocycles. The van der Waals surface area contributed by atoms with Crippen molar-refractivity contribution in [2.45, 2.75) is 30.8 Å². The van der Waals surface area contributed by atoms with Crippen molar-refractivity contribution < 1.29 is 17.9 Å². The van der Waals surface area contributed by atoms with Crippen LogP contribution in [-0.2, 0) is 10.0 Å². The van der Waals surface area contributed by atoms with Gasteiger partial charge in [0.25, 0.3) is 5.91 Å². The highest BCUT2D eigenvalue weighted by molar-refractivity contribution is 7.89. The van der Waals surface area contributed by atoms with Gasteiger partial charge in [-0.1, -0.05) is 42.5 Å². The zero-order valence-corrected chi connectivity index (χ0v) is 19.5. The van der Waals surface area contributed by atoms with Gasteiger partial charge in [-0.3, -0.25) is 4.79 Å². The third-order valence-corrected chi connectivity index (χ3v) is 7.43. The van der Waals surface area contributed by atoms with Crippen LogP contribution in [0.4, 0.5) is 0 Å². The Hall–Kier alpha value is -3.16. The van der Waals surface area contributed by atoms with E-state index in [2.05, 4.69) is 5.32 Å². The molecule has 1 atom stereocenters. The quantitative estimate of drug-likeness (QED) is 0.555. The molecular weight excluding hydrogens is 424 g/mol. The van der Waals surface area contributed by atoms with Crippen LogP contribution in [0, 0.1) is 0 Å². The third-order valence-electron chi connectivity index (χ3n) is 5.38. The Morgan fingerprint density at radius 3 is 1.97 bits per heavy atom. The molecule has 1 unspecified atom stereocenters. The van der Waals surface area contributed by atoms with Crippen molar-refractivity contribution in [2.24, 2.45) is 0 Å². The van der Waals surface area contributed by atoms with Gasteiger partial charge in [0.15, 0.2) is 0 Å². The molecule has 0 spiro atoms. The minimum atomic E-state index is -3.61. The summed E-state index contributed by atoms with van der Waals surface area (Å²) >= 11 is 0. The Kier molecular flexibility index (Phi) is 7.33. The number of carbonyl (C=O) groups is 1. The molecule has 3 rings (SSSR count). The minimum absolute atomic E-state index is 0.153. The molecule has 3 aromatic rings. The Morgan fingerprint density at radius 1 is 0.875 bits per heavy atom. The second kappa shape index (κ2) is 9.97. The molecule has 0 aliphatic heterocycles. The molecule has 1 amide bonds. The molecule has 6 nitrogen and oxygen atoms in total. The van der Waals surface area contributed by atoms with Crippen LogP contribution in [0.5, 0.6) is 5.75 Å². The Balaban J connectivity index is 1.86. The molecule has 1 N–H and O–H groups in total. The second-order valence-corrected chi connectivity index (χ2v) is 9.73. The topological polar surface area (TPSA) is 75.7 Å². The smallest absolute Gasteiger partial charge is 0.252 e. The first-order chi connectivity index (χ1) is 15.2. The van der Waals surface area contributed by atoms with Crippen LogP contribution in [0.25, 0.3) is 0 Å². The molecule has 0 bridgehead atoms. The number of carbonyl (C=O) groups excluding carboxylic acids is 1. The highest BCUT2D eigenvalue weighted by atomic mass is 32.2. The maximum atomic E-state index is 13.0. The molecule has 0 radical (unpaired) electrons. The molecule has 32 heavy (non-hydrogen) atoms. The average Bonchev–Trinajstić information content (AvgIpc) is 2.82. The van der Waals surface area contributed by atoms with E-state index in [1.165, 1.54) is 28.6 Å². The molecule has 0 fully saturated rings. The van der Waals surface area contributed by atoms with Crippen molar-refractivity contribution in [1.82, 2.24) is 9.62 Å². The number of ether oxygens (including phenoxy) is 1. The molecule has 0 heterocycles. The lowest BCUT2D eigenvalue weighted by Gasteiger charge is -2.22. The van der Waals surface area contributed by atoms with E-state index in [9.17, 15) is 13.2 Å².